The van der Waals surface area contributed by atoms with Crippen LogP contribution < -0.4 is 0 Å². The minimum absolute atomic E-state index is 0.0211. The Morgan fingerprint density at radius 1 is 0.789 bits per heavy atom. The summed E-state index contributed by atoms with van der Waals surface area (Å²) in [5, 5.41) is 10.4. The van der Waals surface area contributed by atoms with Crippen molar-refractivity contribution in [2.45, 2.75) is 103 Å². The number of unbranched alkanes of at least 4 members (excludes halogenated alkanes) is 7. The number of rotatable bonds is 13. The Morgan fingerprint density at radius 2 is 1.26 bits per heavy atom. The van der Waals surface area contributed by atoms with Gasteiger partial charge in [-0.2, -0.15) is 0 Å². The first-order chi connectivity index (χ1) is 9.29. The summed E-state index contributed by atoms with van der Waals surface area (Å²) in [6.45, 7) is 4.54. The standard InChI is InChI=1S/C18H36O/c1-3-5-7-9-11-13-16(12-10-8-6-4-2)18(19)17-14-15-17/h16-19H,3-15H2,1-2H3. The monoisotopic (exact) mass is 268 g/mol. The van der Waals surface area contributed by atoms with Gasteiger partial charge in [0.25, 0.3) is 0 Å². The molecule has 2 atom stereocenters. The molecule has 0 heterocycles. The molecule has 0 saturated heterocycles. The summed E-state index contributed by atoms with van der Waals surface area (Å²) in [6.07, 6.45) is 17.3. The smallest absolute Gasteiger partial charge is 0.0596 e. The first-order valence-electron chi connectivity index (χ1n) is 8.97. The molecule has 0 amide bonds. The lowest BCUT2D eigenvalue weighted by Gasteiger charge is -2.23. The van der Waals surface area contributed by atoms with Crippen LogP contribution in [0.15, 0.2) is 0 Å². The predicted molar refractivity (Wildman–Crippen MR) is 84.4 cm³/mol. The fraction of sp³-hybridized carbons (Fsp3) is 1.00. The summed E-state index contributed by atoms with van der Waals surface area (Å²) in [4.78, 5) is 0. The van der Waals surface area contributed by atoms with E-state index in [1.807, 2.05) is 0 Å². The van der Waals surface area contributed by atoms with Gasteiger partial charge in [0.2, 0.25) is 0 Å². The highest BCUT2D eigenvalue weighted by atomic mass is 16.3. The number of aliphatic hydroxyl groups excluding tert-OH is 1. The second kappa shape index (κ2) is 10.7. The summed E-state index contributed by atoms with van der Waals surface area (Å²) in [5.74, 6) is 1.26. The summed E-state index contributed by atoms with van der Waals surface area (Å²) < 4.78 is 0. The number of hydrogen-bond donors (Lipinski definition) is 1. The Labute approximate surface area is 121 Å². The molecule has 1 fully saturated rings. The van der Waals surface area contributed by atoms with Gasteiger partial charge in [-0.15, -0.1) is 0 Å². The van der Waals surface area contributed by atoms with Crippen molar-refractivity contribution in [3.8, 4) is 0 Å². The van der Waals surface area contributed by atoms with E-state index >= 15 is 0 Å². The van der Waals surface area contributed by atoms with Crippen LogP contribution in [0.25, 0.3) is 0 Å². The molecule has 0 bridgehead atoms. The fourth-order valence-electron chi connectivity index (χ4n) is 3.15. The zero-order chi connectivity index (χ0) is 13.9. The van der Waals surface area contributed by atoms with E-state index in [4.69, 9.17) is 0 Å². The van der Waals surface area contributed by atoms with Crippen molar-refractivity contribution in [3.63, 3.8) is 0 Å². The minimum Gasteiger partial charge on any atom is -0.393 e. The van der Waals surface area contributed by atoms with Gasteiger partial charge in [0.05, 0.1) is 6.10 Å². The van der Waals surface area contributed by atoms with E-state index in [0.29, 0.717) is 11.8 Å². The van der Waals surface area contributed by atoms with Crippen LogP contribution in [0.5, 0.6) is 0 Å². The van der Waals surface area contributed by atoms with Crippen LogP contribution in [0.2, 0.25) is 0 Å². The van der Waals surface area contributed by atoms with Crippen LogP contribution in [0.1, 0.15) is 97.3 Å². The van der Waals surface area contributed by atoms with Gasteiger partial charge in [0.15, 0.2) is 0 Å². The third-order valence-corrected chi connectivity index (χ3v) is 4.69. The van der Waals surface area contributed by atoms with E-state index in [1.165, 1.54) is 83.5 Å². The Kier molecular flexibility index (Phi) is 9.59. The number of aliphatic hydroxyl groups is 1. The zero-order valence-corrected chi connectivity index (χ0v) is 13.4. The molecular weight excluding hydrogens is 232 g/mol. The van der Waals surface area contributed by atoms with Crippen molar-refractivity contribution in [3.05, 3.63) is 0 Å². The first-order valence-corrected chi connectivity index (χ1v) is 8.97. The van der Waals surface area contributed by atoms with Gasteiger partial charge in [-0.05, 0) is 37.5 Å². The van der Waals surface area contributed by atoms with E-state index in [1.54, 1.807) is 0 Å². The average molecular weight is 268 g/mol. The van der Waals surface area contributed by atoms with E-state index in [-0.39, 0.29) is 6.10 Å². The van der Waals surface area contributed by atoms with Gasteiger partial charge < -0.3 is 5.11 Å². The van der Waals surface area contributed by atoms with Gasteiger partial charge in [-0.1, -0.05) is 71.6 Å². The SMILES string of the molecule is CCCCCCCC(CCCCCC)C(O)C1CC1. The van der Waals surface area contributed by atoms with Gasteiger partial charge >= 0.3 is 0 Å². The van der Waals surface area contributed by atoms with Crippen LogP contribution >= 0.6 is 0 Å². The second-order valence-corrected chi connectivity index (χ2v) is 6.64. The maximum absolute atomic E-state index is 10.4. The molecule has 1 rings (SSSR count). The van der Waals surface area contributed by atoms with Gasteiger partial charge in [-0.25, -0.2) is 0 Å². The van der Waals surface area contributed by atoms with Crippen LogP contribution in [0, 0.1) is 11.8 Å². The summed E-state index contributed by atoms with van der Waals surface area (Å²) in [7, 11) is 0. The number of hydrogen-bond acceptors (Lipinski definition) is 1. The highest BCUT2D eigenvalue weighted by Crippen LogP contribution is 2.38. The lowest BCUT2D eigenvalue weighted by molar-refractivity contribution is 0.0740. The molecule has 1 aliphatic carbocycles. The molecule has 0 aromatic rings. The Balaban J connectivity index is 2.15. The van der Waals surface area contributed by atoms with Crippen LogP contribution in [-0.4, -0.2) is 11.2 Å². The molecular formula is C18H36O. The lowest BCUT2D eigenvalue weighted by Crippen LogP contribution is -2.22. The summed E-state index contributed by atoms with van der Waals surface area (Å²) >= 11 is 0. The Morgan fingerprint density at radius 3 is 1.74 bits per heavy atom. The molecule has 114 valence electrons. The molecule has 2 unspecified atom stereocenters. The first kappa shape index (κ1) is 17.0. The molecule has 0 aliphatic heterocycles. The van der Waals surface area contributed by atoms with Crippen molar-refractivity contribution in [1.29, 1.82) is 0 Å². The Hall–Kier alpha value is -0.0400. The largest absolute Gasteiger partial charge is 0.393 e. The van der Waals surface area contributed by atoms with Gasteiger partial charge in [-0.3, -0.25) is 0 Å². The van der Waals surface area contributed by atoms with Crippen molar-refractivity contribution in [2.75, 3.05) is 0 Å². The molecule has 0 radical (unpaired) electrons. The van der Waals surface area contributed by atoms with Crippen LogP contribution in [0.4, 0.5) is 0 Å². The Bertz CT molecular complexity index is 198. The maximum atomic E-state index is 10.4. The van der Waals surface area contributed by atoms with Crippen LogP contribution in [0.3, 0.4) is 0 Å². The normalized spacial score (nSPS) is 18.5. The third kappa shape index (κ3) is 7.97. The molecule has 1 saturated carbocycles. The summed E-state index contributed by atoms with van der Waals surface area (Å²) in [5.41, 5.74) is 0. The van der Waals surface area contributed by atoms with Crippen LogP contribution in [-0.2, 0) is 0 Å². The zero-order valence-electron chi connectivity index (χ0n) is 13.4. The van der Waals surface area contributed by atoms with Crippen molar-refractivity contribution in [1.82, 2.24) is 0 Å². The van der Waals surface area contributed by atoms with E-state index < -0.39 is 0 Å². The summed E-state index contributed by atoms with van der Waals surface area (Å²) in [6, 6.07) is 0. The van der Waals surface area contributed by atoms with Crippen molar-refractivity contribution < 1.29 is 5.11 Å². The molecule has 0 aromatic heterocycles. The highest BCUT2D eigenvalue weighted by molar-refractivity contribution is 4.85. The lowest BCUT2D eigenvalue weighted by atomic mass is 9.87. The third-order valence-electron chi connectivity index (χ3n) is 4.69. The fourth-order valence-corrected chi connectivity index (χ4v) is 3.15. The maximum Gasteiger partial charge on any atom is 0.0596 e. The van der Waals surface area contributed by atoms with Crippen molar-refractivity contribution in [2.24, 2.45) is 11.8 Å². The minimum atomic E-state index is 0.0211. The average Bonchev–Trinajstić information content (AvgIpc) is 3.24. The molecule has 1 aliphatic rings. The molecule has 1 N–H and O–H groups in total. The quantitative estimate of drug-likeness (QED) is 0.424. The highest BCUT2D eigenvalue weighted by Gasteiger charge is 2.34. The molecule has 1 heteroatoms. The molecule has 0 spiro atoms. The topological polar surface area (TPSA) is 20.2 Å². The molecule has 19 heavy (non-hydrogen) atoms. The van der Waals surface area contributed by atoms with E-state index in [2.05, 4.69) is 13.8 Å². The van der Waals surface area contributed by atoms with Crippen molar-refractivity contribution >= 4 is 0 Å². The second-order valence-electron chi connectivity index (χ2n) is 6.64. The van der Waals surface area contributed by atoms with Gasteiger partial charge in [0, 0.05) is 0 Å². The predicted octanol–water partition coefficient (Wildman–Crippen LogP) is 5.70. The molecule has 0 aromatic carbocycles. The van der Waals surface area contributed by atoms with E-state index in [9.17, 15) is 5.11 Å². The van der Waals surface area contributed by atoms with Gasteiger partial charge in [0.1, 0.15) is 0 Å². The molecule has 1 nitrogen and oxygen atoms in total. The van der Waals surface area contributed by atoms with E-state index in [0.717, 1.165) is 0 Å².